The number of nitrogens with two attached hydrogens (primary N) is 1. The number of hydrogen-bond donors (Lipinski definition) is 1. The Labute approximate surface area is 167 Å². The first-order chi connectivity index (χ1) is 12.0. The molecule has 0 atom stereocenters. The number of aryl methyl sites for hydroxylation is 1. The molecule has 2 rings (SSSR count). The van der Waals surface area contributed by atoms with Crippen molar-refractivity contribution in [1.82, 2.24) is 9.97 Å². The second-order valence-corrected chi connectivity index (χ2v) is 7.48. The molecule has 0 unspecified atom stereocenters. The fraction of sp³-hybridized carbons (Fsp3) is 0.444. The first-order valence-electron chi connectivity index (χ1n) is 8.46. The second kappa shape index (κ2) is 10.2. The highest BCUT2D eigenvalue weighted by molar-refractivity contribution is 9.10. The summed E-state index contributed by atoms with van der Waals surface area (Å²) in [6.07, 6.45) is 8.13. The molecule has 0 saturated carbocycles. The normalized spacial score (nSPS) is 10.9. The molecule has 136 valence electrons. The number of halogens is 3. The van der Waals surface area contributed by atoms with Gasteiger partial charge >= 0.3 is 0 Å². The van der Waals surface area contributed by atoms with Crippen molar-refractivity contribution < 1.29 is 4.74 Å². The number of aromatic nitrogens is 2. The van der Waals surface area contributed by atoms with Gasteiger partial charge in [-0.05, 0) is 47.0 Å². The Hall–Kier alpha value is -1.04. The zero-order chi connectivity index (χ0) is 18.2. The van der Waals surface area contributed by atoms with Crippen LogP contribution in [0.15, 0.2) is 22.7 Å². The lowest BCUT2D eigenvalue weighted by Gasteiger charge is -2.12. The topological polar surface area (TPSA) is 61.0 Å². The predicted molar refractivity (Wildman–Crippen MR) is 108 cm³/mol. The number of benzene rings is 1. The van der Waals surface area contributed by atoms with Crippen molar-refractivity contribution in [2.75, 3.05) is 5.73 Å². The molecular formula is C18H22BrCl2N3O. The van der Waals surface area contributed by atoms with Crippen LogP contribution in [-0.2, 0) is 6.42 Å². The van der Waals surface area contributed by atoms with Crippen molar-refractivity contribution in [2.45, 2.75) is 51.9 Å². The van der Waals surface area contributed by atoms with E-state index >= 15 is 0 Å². The number of anilines is 1. The van der Waals surface area contributed by atoms with Crippen LogP contribution >= 0.6 is 39.1 Å². The van der Waals surface area contributed by atoms with Gasteiger partial charge in [0.25, 0.3) is 0 Å². The minimum absolute atomic E-state index is 0.185. The molecule has 25 heavy (non-hydrogen) atoms. The zero-order valence-corrected chi connectivity index (χ0v) is 17.3. The molecule has 0 amide bonds. The standard InChI is InChI=1S/C18H22BrCl2N3O/c1-2-3-4-5-6-7-8-14-16(19)17(24-18(22)23-14)25-15-10-9-12(20)11-13(15)21/h9-11H,2-8H2,1H3,(H2,22,23,24). The lowest BCUT2D eigenvalue weighted by Crippen LogP contribution is -2.03. The van der Waals surface area contributed by atoms with Gasteiger partial charge in [-0.2, -0.15) is 4.98 Å². The minimum atomic E-state index is 0.185. The van der Waals surface area contributed by atoms with Gasteiger partial charge in [0.15, 0.2) is 0 Å². The lowest BCUT2D eigenvalue weighted by atomic mass is 10.1. The number of nitrogens with zero attached hydrogens (tertiary/aromatic N) is 2. The van der Waals surface area contributed by atoms with Gasteiger partial charge in [0.2, 0.25) is 11.8 Å². The summed E-state index contributed by atoms with van der Waals surface area (Å²) in [5.74, 6) is 1.01. The summed E-state index contributed by atoms with van der Waals surface area (Å²) >= 11 is 15.6. The van der Waals surface area contributed by atoms with Gasteiger partial charge in [0.05, 0.1) is 10.7 Å². The number of ether oxygens (including phenoxy) is 1. The van der Waals surface area contributed by atoms with Crippen LogP contribution in [0.4, 0.5) is 5.95 Å². The number of nitrogen functional groups attached to an aromatic ring is 1. The maximum Gasteiger partial charge on any atom is 0.238 e. The van der Waals surface area contributed by atoms with Crippen LogP contribution in [0.1, 0.15) is 51.1 Å². The molecule has 0 aliphatic rings. The summed E-state index contributed by atoms with van der Waals surface area (Å²) in [4.78, 5) is 8.50. The highest BCUT2D eigenvalue weighted by Crippen LogP contribution is 2.35. The van der Waals surface area contributed by atoms with E-state index < -0.39 is 0 Å². The van der Waals surface area contributed by atoms with Crippen LogP contribution in [-0.4, -0.2) is 9.97 Å². The molecule has 1 heterocycles. The molecule has 0 bridgehead atoms. The van der Waals surface area contributed by atoms with Crippen molar-refractivity contribution in [3.05, 3.63) is 38.4 Å². The maximum atomic E-state index is 6.16. The molecule has 4 nitrogen and oxygen atoms in total. The summed E-state index contributed by atoms with van der Waals surface area (Å²) in [5.41, 5.74) is 6.69. The van der Waals surface area contributed by atoms with Gasteiger partial charge < -0.3 is 10.5 Å². The van der Waals surface area contributed by atoms with Crippen molar-refractivity contribution in [2.24, 2.45) is 0 Å². The zero-order valence-electron chi connectivity index (χ0n) is 14.2. The molecule has 2 N–H and O–H groups in total. The van der Waals surface area contributed by atoms with Crippen LogP contribution in [0.25, 0.3) is 0 Å². The predicted octanol–water partition coefficient (Wildman–Crippen LogP) is 6.82. The van der Waals surface area contributed by atoms with E-state index in [0.29, 0.717) is 26.1 Å². The molecule has 0 saturated heterocycles. The molecule has 0 fully saturated rings. The van der Waals surface area contributed by atoms with Gasteiger partial charge in [-0.1, -0.05) is 62.2 Å². The molecule has 1 aromatic heterocycles. The molecule has 0 spiro atoms. The van der Waals surface area contributed by atoms with Crippen molar-refractivity contribution >= 4 is 45.1 Å². The molecule has 7 heteroatoms. The van der Waals surface area contributed by atoms with Gasteiger partial charge in [-0.3, -0.25) is 0 Å². The maximum absolute atomic E-state index is 6.16. The first kappa shape index (κ1) is 20.3. The third kappa shape index (κ3) is 6.32. The first-order valence-corrected chi connectivity index (χ1v) is 10.0. The molecule has 0 aliphatic carbocycles. The average molecular weight is 447 g/mol. The van der Waals surface area contributed by atoms with Crippen molar-refractivity contribution in [3.63, 3.8) is 0 Å². The van der Waals surface area contributed by atoms with Crippen LogP contribution < -0.4 is 10.5 Å². The second-order valence-electron chi connectivity index (χ2n) is 5.84. The molecule has 1 aromatic carbocycles. The van der Waals surface area contributed by atoms with Crippen LogP contribution in [0.3, 0.4) is 0 Å². The van der Waals surface area contributed by atoms with E-state index in [0.717, 1.165) is 18.5 Å². The molecular weight excluding hydrogens is 425 g/mol. The summed E-state index contributed by atoms with van der Waals surface area (Å²) in [5, 5.41) is 0.955. The number of hydrogen-bond acceptors (Lipinski definition) is 4. The Morgan fingerprint density at radius 2 is 1.80 bits per heavy atom. The van der Waals surface area contributed by atoms with Crippen molar-refractivity contribution in [1.29, 1.82) is 0 Å². The smallest absolute Gasteiger partial charge is 0.238 e. The van der Waals surface area contributed by atoms with E-state index in [2.05, 4.69) is 32.8 Å². The van der Waals surface area contributed by atoms with E-state index in [1.54, 1.807) is 18.2 Å². The van der Waals surface area contributed by atoms with Crippen LogP contribution in [0, 0.1) is 0 Å². The van der Waals surface area contributed by atoms with E-state index in [9.17, 15) is 0 Å². The average Bonchev–Trinajstić information content (AvgIpc) is 2.57. The van der Waals surface area contributed by atoms with Crippen LogP contribution in [0.2, 0.25) is 10.0 Å². The van der Waals surface area contributed by atoms with E-state index in [-0.39, 0.29) is 5.95 Å². The van der Waals surface area contributed by atoms with Gasteiger partial charge in [0, 0.05) is 5.02 Å². The third-order valence-electron chi connectivity index (χ3n) is 3.77. The highest BCUT2D eigenvalue weighted by atomic mass is 79.9. The Balaban J connectivity index is 2.05. The van der Waals surface area contributed by atoms with Gasteiger partial charge in [-0.15, -0.1) is 0 Å². The third-order valence-corrected chi connectivity index (χ3v) is 5.10. The molecule has 0 aliphatic heterocycles. The highest BCUT2D eigenvalue weighted by Gasteiger charge is 2.14. The van der Waals surface area contributed by atoms with E-state index in [4.69, 9.17) is 33.7 Å². The van der Waals surface area contributed by atoms with E-state index in [1.165, 1.54) is 32.1 Å². The fourth-order valence-electron chi connectivity index (χ4n) is 2.46. The minimum Gasteiger partial charge on any atom is -0.436 e. The summed E-state index contributed by atoms with van der Waals surface area (Å²) in [6, 6.07) is 5.02. The Bertz CT molecular complexity index is 713. The summed E-state index contributed by atoms with van der Waals surface area (Å²) < 4.78 is 6.52. The van der Waals surface area contributed by atoms with Gasteiger partial charge in [0.1, 0.15) is 10.2 Å². The SMILES string of the molecule is CCCCCCCCc1nc(N)nc(Oc2ccc(Cl)cc2Cl)c1Br. The fourth-order valence-corrected chi connectivity index (χ4v) is 3.36. The molecule has 0 radical (unpaired) electrons. The van der Waals surface area contributed by atoms with Crippen molar-refractivity contribution in [3.8, 4) is 11.6 Å². The quantitative estimate of drug-likeness (QED) is 0.429. The van der Waals surface area contributed by atoms with E-state index in [1.807, 2.05) is 0 Å². The molecule has 2 aromatic rings. The van der Waals surface area contributed by atoms with Gasteiger partial charge in [-0.25, -0.2) is 4.98 Å². The monoisotopic (exact) mass is 445 g/mol. The summed E-state index contributed by atoms with van der Waals surface area (Å²) in [6.45, 7) is 2.22. The number of rotatable bonds is 9. The van der Waals surface area contributed by atoms with Crippen LogP contribution in [0.5, 0.6) is 11.6 Å². The number of unbranched alkanes of at least 4 members (excludes halogenated alkanes) is 5. The lowest BCUT2D eigenvalue weighted by molar-refractivity contribution is 0.457. The Morgan fingerprint density at radius 1 is 1.08 bits per heavy atom. The Kier molecular flexibility index (Phi) is 8.27. The Morgan fingerprint density at radius 3 is 2.52 bits per heavy atom. The summed E-state index contributed by atoms with van der Waals surface area (Å²) in [7, 11) is 0. The largest absolute Gasteiger partial charge is 0.436 e.